The molecule has 0 bridgehead atoms. The molecule has 0 saturated carbocycles. The van der Waals surface area contributed by atoms with Gasteiger partial charge in [0, 0.05) is 0 Å². The Kier molecular flexibility index (Phi) is 12.0. The molecule has 0 heterocycles. The molecule has 0 rings (SSSR count). The van der Waals surface area contributed by atoms with E-state index in [9.17, 15) is 4.79 Å². The fourth-order valence-corrected chi connectivity index (χ4v) is 1.39. The standard InChI is InChI=1S/C8H8N2O2S2.Na.H/c1-2-12-7(11)5-14-8(13)6(3-9)4-10;;/h13H,2,5H2,1H3;;. The third-order valence-electron chi connectivity index (χ3n) is 1.07. The average Bonchev–Trinajstić information content (AvgIpc) is 2.17. The maximum atomic E-state index is 10.9. The Hall–Kier alpha value is -0.110. The van der Waals surface area contributed by atoms with Crippen LogP contribution in [0, 0.1) is 22.7 Å². The van der Waals surface area contributed by atoms with Crippen molar-refractivity contribution in [1.29, 1.82) is 10.5 Å². The van der Waals surface area contributed by atoms with Crippen LogP contribution in [0.5, 0.6) is 0 Å². The molecular weight excluding hydrogens is 243 g/mol. The quantitative estimate of drug-likeness (QED) is 0.347. The predicted molar refractivity (Wildman–Crippen MR) is 63.5 cm³/mol. The fraction of sp³-hybridized carbons (Fsp3) is 0.375. The summed E-state index contributed by atoms with van der Waals surface area (Å²) in [6.45, 7) is 2.02. The van der Waals surface area contributed by atoms with Gasteiger partial charge in [0.05, 0.1) is 16.6 Å². The van der Waals surface area contributed by atoms with Crippen LogP contribution in [0.1, 0.15) is 6.92 Å². The summed E-state index contributed by atoms with van der Waals surface area (Å²) in [6, 6.07) is 3.35. The number of ether oxygens (including phenoxy) is 1. The van der Waals surface area contributed by atoms with E-state index in [-0.39, 0.29) is 51.1 Å². The summed E-state index contributed by atoms with van der Waals surface area (Å²) in [4.78, 5) is 10.9. The summed E-state index contributed by atoms with van der Waals surface area (Å²) in [5.74, 6) is -0.334. The maximum absolute atomic E-state index is 10.9. The van der Waals surface area contributed by atoms with Crippen LogP contribution in [0.15, 0.2) is 9.81 Å². The molecule has 0 amide bonds. The van der Waals surface area contributed by atoms with E-state index in [0.29, 0.717) is 6.61 Å². The zero-order valence-corrected chi connectivity index (χ0v) is 9.19. The number of hydrogen-bond donors (Lipinski definition) is 1. The first kappa shape index (κ1) is 17.3. The second-order valence-electron chi connectivity index (χ2n) is 2.00. The van der Waals surface area contributed by atoms with Gasteiger partial charge >= 0.3 is 35.5 Å². The van der Waals surface area contributed by atoms with E-state index in [1.807, 2.05) is 0 Å². The number of carbonyl (C=O) groups is 1. The van der Waals surface area contributed by atoms with Gasteiger partial charge in [0.25, 0.3) is 0 Å². The third-order valence-corrected chi connectivity index (χ3v) is 2.54. The minimum absolute atomic E-state index is 0. The Balaban J connectivity index is 0. The number of allylic oxidation sites excluding steroid dienone is 1. The number of carbonyl (C=O) groups excluding carboxylic acids is 1. The van der Waals surface area contributed by atoms with Crippen LogP contribution in [-0.2, 0) is 9.53 Å². The Labute approximate surface area is 120 Å². The van der Waals surface area contributed by atoms with E-state index in [0.717, 1.165) is 11.8 Å². The van der Waals surface area contributed by atoms with Gasteiger partial charge in [-0.2, -0.15) is 10.5 Å². The Morgan fingerprint density at radius 3 is 2.40 bits per heavy atom. The van der Waals surface area contributed by atoms with Crippen molar-refractivity contribution >= 4 is 59.9 Å². The average molecular weight is 252 g/mol. The molecule has 0 saturated heterocycles. The normalized spacial score (nSPS) is 7.73. The zero-order valence-electron chi connectivity index (χ0n) is 7.48. The molecule has 0 atom stereocenters. The van der Waals surface area contributed by atoms with Crippen LogP contribution in [0.25, 0.3) is 0 Å². The van der Waals surface area contributed by atoms with Gasteiger partial charge < -0.3 is 4.74 Å². The van der Waals surface area contributed by atoms with Crippen LogP contribution >= 0.6 is 24.4 Å². The van der Waals surface area contributed by atoms with Gasteiger partial charge in [0.2, 0.25) is 0 Å². The number of rotatable bonds is 4. The third kappa shape index (κ3) is 7.78. The second-order valence-corrected chi connectivity index (χ2v) is 3.73. The van der Waals surface area contributed by atoms with Gasteiger partial charge in [0.15, 0.2) is 0 Å². The van der Waals surface area contributed by atoms with Crippen molar-refractivity contribution in [3.63, 3.8) is 0 Å². The van der Waals surface area contributed by atoms with Crippen molar-refractivity contribution < 1.29 is 9.53 Å². The van der Waals surface area contributed by atoms with Crippen molar-refractivity contribution in [2.24, 2.45) is 0 Å². The first-order valence-corrected chi connectivity index (χ1v) is 5.10. The van der Waals surface area contributed by atoms with E-state index in [4.69, 9.17) is 10.5 Å². The van der Waals surface area contributed by atoms with Crippen molar-refractivity contribution in [3.8, 4) is 12.1 Å². The molecular formula is C8H9N2NaO2S2. The molecule has 0 spiro atoms. The fourth-order valence-electron chi connectivity index (χ4n) is 0.523. The van der Waals surface area contributed by atoms with Crippen molar-refractivity contribution in [2.75, 3.05) is 12.4 Å². The first-order chi connectivity index (χ1) is 6.65. The van der Waals surface area contributed by atoms with E-state index in [1.54, 1.807) is 19.1 Å². The van der Waals surface area contributed by atoms with Crippen molar-refractivity contribution in [3.05, 3.63) is 9.81 Å². The van der Waals surface area contributed by atoms with Crippen molar-refractivity contribution in [1.82, 2.24) is 0 Å². The molecule has 0 aromatic carbocycles. The van der Waals surface area contributed by atoms with Crippen LogP contribution < -0.4 is 0 Å². The number of nitrogens with zero attached hydrogens (tertiary/aromatic N) is 2. The van der Waals surface area contributed by atoms with Gasteiger partial charge in [-0.15, -0.1) is 24.4 Å². The first-order valence-electron chi connectivity index (χ1n) is 3.67. The van der Waals surface area contributed by atoms with Gasteiger partial charge in [-0.1, -0.05) is 0 Å². The second kappa shape index (κ2) is 10.4. The van der Waals surface area contributed by atoms with Gasteiger partial charge in [0.1, 0.15) is 17.7 Å². The molecule has 7 heteroatoms. The van der Waals surface area contributed by atoms with E-state index in [1.165, 1.54) is 0 Å². The van der Waals surface area contributed by atoms with E-state index in [2.05, 4.69) is 17.4 Å². The zero-order chi connectivity index (χ0) is 11.0. The summed E-state index contributed by atoms with van der Waals surface area (Å²) in [7, 11) is 0. The number of esters is 1. The van der Waals surface area contributed by atoms with Crippen LogP contribution in [0.4, 0.5) is 0 Å². The molecule has 4 nitrogen and oxygen atoms in total. The molecule has 0 aliphatic heterocycles. The Morgan fingerprint density at radius 1 is 1.47 bits per heavy atom. The Morgan fingerprint density at radius 2 is 2.00 bits per heavy atom. The van der Waals surface area contributed by atoms with Crippen molar-refractivity contribution in [2.45, 2.75) is 6.92 Å². The minimum atomic E-state index is -0.390. The summed E-state index contributed by atoms with van der Waals surface area (Å²) in [5, 5.41) is 16.9. The van der Waals surface area contributed by atoms with Gasteiger partial charge in [-0.3, -0.25) is 4.79 Å². The summed E-state index contributed by atoms with van der Waals surface area (Å²) >= 11 is 4.92. The molecule has 76 valence electrons. The molecule has 0 aromatic heterocycles. The number of thioether (sulfide) groups is 1. The van der Waals surface area contributed by atoms with E-state index >= 15 is 0 Å². The molecule has 15 heavy (non-hydrogen) atoms. The van der Waals surface area contributed by atoms with Gasteiger partial charge in [-0.05, 0) is 6.92 Å². The Bertz CT molecular complexity index is 315. The molecule has 0 N–H and O–H groups in total. The SMILES string of the molecule is CCOC(=O)CSC(S)=C(C#N)C#N.[NaH]. The topological polar surface area (TPSA) is 73.9 Å². The molecule has 0 aliphatic rings. The van der Waals surface area contributed by atoms with Crippen LogP contribution in [0.2, 0.25) is 0 Å². The number of nitriles is 2. The van der Waals surface area contributed by atoms with Crippen LogP contribution in [0.3, 0.4) is 0 Å². The summed E-state index contributed by atoms with van der Waals surface area (Å²) in [5.41, 5.74) is -0.0948. The number of thiol groups is 1. The molecule has 0 fully saturated rings. The molecule has 0 unspecified atom stereocenters. The predicted octanol–water partition coefficient (Wildman–Crippen LogP) is 0.823. The summed E-state index contributed by atoms with van der Waals surface area (Å²) in [6.07, 6.45) is 0. The van der Waals surface area contributed by atoms with Gasteiger partial charge in [-0.25, -0.2) is 0 Å². The van der Waals surface area contributed by atoms with Crippen LogP contribution in [-0.4, -0.2) is 47.9 Å². The monoisotopic (exact) mass is 252 g/mol. The molecule has 0 aliphatic carbocycles. The summed E-state index contributed by atoms with van der Waals surface area (Å²) < 4.78 is 4.90. The molecule has 0 radical (unpaired) electrons. The molecule has 0 aromatic rings. The van der Waals surface area contributed by atoms with E-state index < -0.39 is 0 Å². The number of hydrogen-bond acceptors (Lipinski definition) is 6.